The van der Waals surface area contributed by atoms with Crippen molar-refractivity contribution in [1.29, 1.82) is 0 Å². The summed E-state index contributed by atoms with van der Waals surface area (Å²) in [6, 6.07) is 13.0. The number of carboxylic acids is 1. The van der Waals surface area contributed by atoms with Crippen LogP contribution in [0.1, 0.15) is 10.4 Å². The summed E-state index contributed by atoms with van der Waals surface area (Å²) in [5.41, 5.74) is 1.94. The number of benzene rings is 2. The van der Waals surface area contributed by atoms with Crippen LogP contribution in [-0.2, 0) is 16.1 Å². The third-order valence-electron chi connectivity index (χ3n) is 4.33. The first-order valence-corrected chi connectivity index (χ1v) is 11.5. The van der Waals surface area contributed by atoms with Crippen LogP contribution in [0.25, 0.3) is 11.1 Å². The Morgan fingerprint density at radius 3 is 2.34 bits per heavy atom. The van der Waals surface area contributed by atoms with Gasteiger partial charge in [0, 0.05) is 5.56 Å². The molecule has 0 aliphatic heterocycles. The lowest BCUT2D eigenvalue weighted by atomic mass is 10.0. The Kier molecular flexibility index (Phi) is 7.88. The van der Waals surface area contributed by atoms with Crippen molar-refractivity contribution < 1.29 is 28.6 Å². The Balaban J connectivity index is 1.86. The molecular weight excluding hydrogens is 499 g/mol. The SMILES string of the molecule is O=C(NC(CO)C(=O)O)c1ccc(-c2cccc(N(c3cc(Cl)c(Cl)s3)S(=O)[O-])c2)cc1. The molecule has 3 N–H and O–H groups in total. The molecule has 2 atom stereocenters. The van der Waals surface area contributed by atoms with Gasteiger partial charge in [0.2, 0.25) is 0 Å². The second-order valence-corrected chi connectivity index (χ2v) is 9.23. The van der Waals surface area contributed by atoms with E-state index in [9.17, 15) is 18.4 Å². The number of aliphatic hydroxyl groups is 1. The molecule has 12 heteroatoms. The number of carboxylic acid groups (broad SMARTS) is 1. The molecule has 0 saturated carbocycles. The molecule has 1 aromatic heterocycles. The lowest BCUT2D eigenvalue weighted by Gasteiger charge is -2.25. The summed E-state index contributed by atoms with van der Waals surface area (Å²) in [6.45, 7) is -0.732. The van der Waals surface area contributed by atoms with Crippen LogP contribution in [0, 0.1) is 0 Å². The molecule has 0 radical (unpaired) electrons. The molecule has 0 bridgehead atoms. The van der Waals surface area contributed by atoms with Gasteiger partial charge >= 0.3 is 5.97 Å². The first kappa shape index (κ1) is 24.2. The van der Waals surface area contributed by atoms with Crippen LogP contribution in [0.3, 0.4) is 0 Å². The monoisotopic (exact) mass is 513 g/mol. The Morgan fingerprint density at radius 1 is 1.12 bits per heavy atom. The van der Waals surface area contributed by atoms with Crippen molar-refractivity contribution in [3.8, 4) is 11.1 Å². The summed E-state index contributed by atoms with van der Waals surface area (Å²) >= 11 is 10.3. The molecular formula is C20H15Cl2N2O6S2-. The maximum Gasteiger partial charge on any atom is 0.328 e. The van der Waals surface area contributed by atoms with E-state index in [1.165, 1.54) is 18.2 Å². The van der Waals surface area contributed by atoms with Crippen molar-refractivity contribution >= 4 is 68.4 Å². The summed E-state index contributed by atoms with van der Waals surface area (Å²) in [5, 5.41) is 20.8. The van der Waals surface area contributed by atoms with Crippen molar-refractivity contribution in [3.05, 3.63) is 69.5 Å². The summed E-state index contributed by atoms with van der Waals surface area (Å²) in [5.74, 6) is -1.99. The molecule has 1 amide bonds. The number of anilines is 2. The lowest BCUT2D eigenvalue weighted by molar-refractivity contribution is -0.140. The predicted molar refractivity (Wildman–Crippen MR) is 123 cm³/mol. The van der Waals surface area contributed by atoms with Crippen molar-refractivity contribution in [2.75, 3.05) is 10.9 Å². The summed E-state index contributed by atoms with van der Waals surface area (Å²) < 4.78 is 25.1. The first-order valence-electron chi connectivity index (χ1n) is 8.90. The quantitative estimate of drug-likeness (QED) is 0.392. The Hall–Kier alpha value is -2.47. The highest BCUT2D eigenvalue weighted by atomic mass is 35.5. The number of rotatable bonds is 8. The van der Waals surface area contributed by atoms with E-state index < -0.39 is 35.8 Å². The van der Waals surface area contributed by atoms with Gasteiger partial charge in [-0.1, -0.05) is 47.5 Å². The molecule has 0 aliphatic rings. The molecule has 2 unspecified atom stereocenters. The number of amides is 1. The van der Waals surface area contributed by atoms with Crippen molar-refractivity contribution in [1.82, 2.24) is 5.32 Å². The van der Waals surface area contributed by atoms with Crippen LogP contribution in [0.4, 0.5) is 10.7 Å². The molecule has 0 saturated heterocycles. The molecule has 8 nitrogen and oxygen atoms in total. The molecule has 0 fully saturated rings. The highest BCUT2D eigenvalue weighted by Gasteiger charge is 2.20. The van der Waals surface area contributed by atoms with E-state index in [0.717, 1.165) is 15.6 Å². The number of carbonyl (C=O) groups excluding carboxylic acids is 1. The maximum atomic E-state index is 12.2. The van der Waals surface area contributed by atoms with Crippen molar-refractivity contribution in [3.63, 3.8) is 0 Å². The summed E-state index contributed by atoms with van der Waals surface area (Å²) in [6.07, 6.45) is 0. The van der Waals surface area contributed by atoms with E-state index in [-0.39, 0.29) is 14.9 Å². The highest BCUT2D eigenvalue weighted by Crippen LogP contribution is 2.41. The zero-order valence-electron chi connectivity index (χ0n) is 16.0. The minimum absolute atomic E-state index is 0.203. The van der Waals surface area contributed by atoms with Gasteiger partial charge in [0.1, 0.15) is 9.34 Å². The molecule has 0 aliphatic carbocycles. The molecule has 3 aromatic rings. The number of halogens is 2. The fourth-order valence-electron chi connectivity index (χ4n) is 2.77. The van der Waals surface area contributed by atoms with Gasteiger partial charge in [0.05, 0.1) is 28.6 Å². The normalized spacial score (nSPS) is 12.8. The van der Waals surface area contributed by atoms with Crippen molar-refractivity contribution in [2.45, 2.75) is 6.04 Å². The Morgan fingerprint density at radius 2 is 1.81 bits per heavy atom. The van der Waals surface area contributed by atoms with Crippen LogP contribution in [0.2, 0.25) is 9.36 Å². The largest absolute Gasteiger partial charge is 0.755 e. The van der Waals surface area contributed by atoms with Gasteiger partial charge in [0.25, 0.3) is 5.91 Å². The Labute approximate surface area is 199 Å². The molecule has 1 heterocycles. The fourth-order valence-corrected chi connectivity index (χ4v) is 4.84. The molecule has 0 spiro atoms. The van der Waals surface area contributed by atoms with Crippen LogP contribution in [0.5, 0.6) is 0 Å². The van der Waals surface area contributed by atoms with Gasteiger partial charge in [-0.2, -0.15) is 0 Å². The number of aliphatic carboxylic acids is 1. The zero-order valence-corrected chi connectivity index (χ0v) is 19.2. The van der Waals surface area contributed by atoms with E-state index in [1.807, 2.05) is 0 Å². The number of nitrogens with one attached hydrogen (secondary N) is 1. The van der Waals surface area contributed by atoms with Crippen LogP contribution < -0.4 is 9.62 Å². The van der Waals surface area contributed by atoms with Crippen molar-refractivity contribution in [2.24, 2.45) is 0 Å². The van der Waals surface area contributed by atoms with Crippen LogP contribution in [-0.4, -0.2) is 43.5 Å². The van der Waals surface area contributed by atoms with Gasteiger partial charge in [0.15, 0.2) is 6.04 Å². The number of thiophene rings is 1. The third kappa shape index (κ3) is 5.47. The average molecular weight is 514 g/mol. The minimum atomic E-state index is -2.63. The van der Waals surface area contributed by atoms with E-state index in [0.29, 0.717) is 21.8 Å². The average Bonchev–Trinajstić information content (AvgIpc) is 3.09. The van der Waals surface area contributed by atoms with E-state index in [2.05, 4.69) is 5.32 Å². The predicted octanol–water partition coefficient (Wildman–Crippen LogP) is 3.83. The second kappa shape index (κ2) is 10.4. The van der Waals surface area contributed by atoms with Crippen LogP contribution >= 0.6 is 34.5 Å². The van der Waals surface area contributed by atoms with Crippen LogP contribution in [0.15, 0.2) is 54.6 Å². The molecule has 168 valence electrons. The van der Waals surface area contributed by atoms with E-state index in [1.54, 1.807) is 36.4 Å². The van der Waals surface area contributed by atoms with Gasteiger partial charge in [-0.3, -0.25) is 13.3 Å². The van der Waals surface area contributed by atoms with Gasteiger partial charge in [-0.15, -0.1) is 11.3 Å². The standard InChI is InChI=1S/C20H16Cl2N2O6S2/c21-15-9-17(31-18(15)22)24(32(29)30)14-3-1-2-13(8-14)11-4-6-12(7-5-11)19(26)23-16(10-25)20(27)28/h1-9,16,25H,10H2,(H,23,26)(H,27,28)(H,29,30)/p-1. The zero-order chi connectivity index (χ0) is 23.4. The molecule has 32 heavy (non-hydrogen) atoms. The van der Waals surface area contributed by atoms with Gasteiger partial charge in [-0.05, 0) is 41.5 Å². The molecule has 3 rings (SSSR count). The minimum Gasteiger partial charge on any atom is -0.755 e. The second-order valence-electron chi connectivity index (χ2n) is 6.39. The highest BCUT2D eigenvalue weighted by molar-refractivity contribution is 7.81. The smallest absolute Gasteiger partial charge is 0.328 e. The fraction of sp³-hybridized carbons (Fsp3) is 0.100. The summed E-state index contributed by atoms with van der Waals surface area (Å²) in [4.78, 5) is 23.1. The number of aliphatic hydroxyl groups excluding tert-OH is 1. The third-order valence-corrected chi connectivity index (χ3v) is 7.00. The maximum absolute atomic E-state index is 12.2. The number of carbonyl (C=O) groups is 2. The first-order chi connectivity index (χ1) is 15.2. The summed E-state index contributed by atoms with van der Waals surface area (Å²) in [7, 11) is 0. The van der Waals surface area contributed by atoms with E-state index in [4.69, 9.17) is 33.4 Å². The molecule has 2 aromatic carbocycles. The lowest BCUT2D eigenvalue weighted by Crippen LogP contribution is -2.43. The number of hydrogen-bond acceptors (Lipinski definition) is 6. The van der Waals surface area contributed by atoms with Gasteiger partial charge in [-0.25, -0.2) is 4.79 Å². The topological polar surface area (TPSA) is 130 Å². The van der Waals surface area contributed by atoms with Gasteiger partial charge < -0.3 is 20.1 Å². The van der Waals surface area contributed by atoms with E-state index >= 15 is 0 Å². The number of nitrogens with zero attached hydrogens (tertiary/aromatic N) is 1. The number of hydrogen-bond donors (Lipinski definition) is 3. The Bertz CT molecular complexity index is 1150.